The van der Waals surface area contributed by atoms with Crippen molar-refractivity contribution in [1.82, 2.24) is 5.32 Å². The lowest BCUT2D eigenvalue weighted by Crippen LogP contribution is -2.38. The number of carbonyl (C=O) groups excluding carboxylic acids is 1. The fourth-order valence-corrected chi connectivity index (χ4v) is 1.74. The Labute approximate surface area is 119 Å². The number of amides is 1. The van der Waals surface area contributed by atoms with E-state index >= 15 is 0 Å². The summed E-state index contributed by atoms with van der Waals surface area (Å²) >= 11 is 3.18. The highest BCUT2D eigenvalue weighted by Gasteiger charge is 2.25. The summed E-state index contributed by atoms with van der Waals surface area (Å²) in [4.78, 5) is 11.4. The van der Waals surface area contributed by atoms with E-state index < -0.39 is 23.9 Å². The highest BCUT2D eigenvalue weighted by Crippen LogP contribution is 2.26. The van der Waals surface area contributed by atoms with Gasteiger partial charge in [0.1, 0.15) is 23.6 Å². The Balaban J connectivity index is 2.45. The van der Waals surface area contributed by atoms with E-state index in [1.165, 1.54) is 6.26 Å². The molecule has 2 unspecified atom stereocenters. The fourth-order valence-electron chi connectivity index (χ4n) is 1.30. The van der Waals surface area contributed by atoms with Crippen molar-refractivity contribution in [1.29, 1.82) is 0 Å². The van der Waals surface area contributed by atoms with Crippen LogP contribution in [-0.2, 0) is 4.74 Å². The summed E-state index contributed by atoms with van der Waals surface area (Å²) < 4.78 is 10.6. The van der Waals surface area contributed by atoms with Crippen LogP contribution in [0, 0.1) is 0 Å². The molecule has 108 valence electrons. The Kier molecular flexibility index (Phi) is 5.39. The molecule has 0 radical (unpaired) electrons. The van der Waals surface area contributed by atoms with Gasteiger partial charge in [0.05, 0.1) is 10.7 Å². The first-order chi connectivity index (χ1) is 8.70. The van der Waals surface area contributed by atoms with Crippen molar-refractivity contribution in [3.63, 3.8) is 0 Å². The van der Waals surface area contributed by atoms with Crippen LogP contribution in [0.3, 0.4) is 0 Å². The van der Waals surface area contributed by atoms with Crippen LogP contribution < -0.4 is 5.32 Å². The third-order valence-corrected chi connectivity index (χ3v) is 2.79. The number of nitrogens with one attached hydrogen (secondary N) is 1. The topological polar surface area (TPSA) is 91.9 Å². The maximum atomic E-state index is 11.4. The predicted octanol–water partition coefficient (Wildman–Crippen LogP) is 1.96. The number of aliphatic hydroxyl groups is 2. The monoisotopic (exact) mass is 335 g/mol. The Hall–Kier alpha value is -1.05. The van der Waals surface area contributed by atoms with E-state index in [1.54, 1.807) is 26.8 Å². The van der Waals surface area contributed by atoms with Gasteiger partial charge in [-0.25, -0.2) is 4.79 Å². The number of carbonyl (C=O) groups is 1. The average molecular weight is 336 g/mol. The lowest BCUT2D eigenvalue weighted by molar-refractivity contribution is 0.00181. The molecule has 1 heterocycles. The minimum absolute atomic E-state index is 0.150. The first kappa shape index (κ1) is 16.0. The van der Waals surface area contributed by atoms with Crippen molar-refractivity contribution < 1.29 is 24.2 Å². The van der Waals surface area contributed by atoms with Crippen LogP contribution in [0.4, 0.5) is 4.79 Å². The molecule has 3 N–H and O–H groups in total. The molecule has 0 bridgehead atoms. The number of furan rings is 1. The average Bonchev–Trinajstić information content (AvgIpc) is 2.69. The van der Waals surface area contributed by atoms with Gasteiger partial charge >= 0.3 is 6.09 Å². The van der Waals surface area contributed by atoms with Crippen LogP contribution in [0.2, 0.25) is 0 Å². The smallest absolute Gasteiger partial charge is 0.407 e. The molecule has 0 spiro atoms. The number of hydrogen-bond acceptors (Lipinski definition) is 5. The van der Waals surface area contributed by atoms with Crippen LogP contribution in [0.5, 0.6) is 0 Å². The molecule has 1 aromatic rings. The maximum Gasteiger partial charge on any atom is 0.407 e. The van der Waals surface area contributed by atoms with Crippen molar-refractivity contribution in [2.75, 3.05) is 6.54 Å². The summed E-state index contributed by atoms with van der Waals surface area (Å²) in [7, 11) is 0. The zero-order valence-electron chi connectivity index (χ0n) is 11.0. The zero-order valence-corrected chi connectivity index (χ0v) is 12.6. The van der Waals surface area contributed by atoms with Crippen LogP contribution in [0.15, 0.2) is 21.2 Å². The summed E-state index contributed by atoms with van der Waals surface area (Å²) in [6.45, 7) is 5.05. The van der Waals surface area contributed by atoms with E-state index in [0.29, 0.717) is 4.47 Å². The highest BCUT2D eigenvalue weighted by molar-refractivity contribution is 9.10. The van der Waals surface area contributed by atoms with E-state index in [4.69, 9.17) is 9.15 Å². The maximum absolute atomic E-state index is 11.4. The molecule has 0 aliphatic heterocycles. The third-order valence-electron chi connectivity index (χ3n) is 2.13. The highest BCUT2D eigenvalue weighted by atomic mass is 79.9. The normalized spacial score (nSPS) is 14.8. The van der Waals surface area contributed by atoms with Crippen LogP contribution >= 0.6 is 15.9 Å². The van der Waals surface area contributed by atoms with Gasteiger partial charge in [0, 0.05) is 6.54 Å². The number of hydrogen-bond donors (Lipinski definition) is 3. The van der Waals surface area contributed by atoms with E-state index in [2.05, 4.69) is 21.2 Å². The SMILES string of the molecule is CC(C)(C)OC(=O)NCC(O)C(O)c1occc1Br. The van der Waals surface area contributed by atoms with Gasteiger partial charge in [0.2, 0.25) is 0 Å². The number of rotatable bonds is 4. The molecular weight excluding hydrogens is 318 g/mol. The van der Waals surface area contributed by atoms with Crippen molar-refractivity contribution in [3.05, 3.63) is 22.6 Å². The third kappa shape index (κ3) is 5.22. The molecule has 0 fully saturated rings. The van der Waals surface area contributed by atoms with Crippen LogP contribution in [0.25, 0.3) is 0 Å². The van der Waals surface area contributed by atoms with Crippen molar-refractivity contribution in [2.45, 2.75) is 38.6 Å². The second-order valence-electron chi connectivity index (χ2n) is 5.03. The number of alkyl carbamates (subject to hydrolysis) is 1. The summed E-state index contributed by atoms with van der Waals surface area (Å²) in [6.07, 6.45) is -1.71. The van der Waals surface area contributed by atoms with E-state index in [1.807, 2.05) is 0 Å². The Bertz CT molecular complexity index is 426. The largest absolute Gasteiger partial charge is 0.465 e. The van der Waals surface area contributed by atoms with Crippen molar-refractivity contribution >= 4 is 22.0 Å². The van der Waals surface area contributed by atoms with Gasteiger partial charge in [-0.05, 0) is 42.8 Å². The van der Waals surface area contributed by atoms with Crippen LogP contribution in [0.1, 0.15) is 32.6 Å². The van der Waals surface area contributed by atoms with E-state index in [-0.39, 0.29) is 12.3 Å². The molecule has 0 aliphatic rings. The molecule has 0 saturated carbocycles. The zero-order chi connectivity index (χ0) is 14.6. The number of halogens is 1. The number of aliphatic hydroxyl groups excluding tert-OH is 2. The molecule has 2 atom stereocenters. The first-order valence-electron chi connectivity index (χ1n) is 5.76. The van der Waals surface area contributed by atoms with Gasteiger partial charge in [-0.2, -0.15) is 0 Å². The predicted molar refractivity (Wildman–Crippen MR) is 71.6 cm³/mol. The Morgan fingerprint density at radius 2 is 2.16 bits per heavy atom. The summed E-state index contributed by atoms with van der Waals surface area (Å²) in [5.41, 5.74) is -0.613. The quantitative estimate of drug-likeness (QED) is 0.782. The van der Waals surface area contributed by atoms with Gasteiger partial charge in [-0.3, -0.25) is 0 Å². The lowest BCUT2D eigenvalue weighted by atomic mass is 10.1. The van der Waals surface area contributed by atoms with Crippen LogP contribution in [-0.4, -0.2) is 34.6 Å². The molecule has 0 aromatic carbocycles. The van der Waals surface area contributed by atoms with E-state index in [0.717, 1.165) is 0 Å². The molecule has 1 amide bonds. The van der Waals surface area contributed by atoms with Gasteiger partial charge in [-0.1, -0.05) is 0 Å². The molecule has 6 nitrogen and oxygen atoms in total. The van der Waals surface area contributed by atoms with Gasteiger partial charge in [0.25, 0.3) is 0 Å². The summed E-state index contributed by atoms with van der Waals surface area (Å²) in [6, 6.07) is 1.60. The Morgan fingerprint density at radius 1 is 1.53 bits per heavy atom. The van der Waals surface area contributed by atoms with Gasteiger partial charge < -0.3 is 24.7 Å². The molecule has 19 heavy (non-hydrogen) atoms. The molecule has 7 heteroatoms. The second-order valence-corrected chi connectivity index (χ2v) is 5.88. The first-order valence-corrected chi connectivity index (χ1v) is 6.56. The Morgan fingerprint density at radius 3 is 2.63 bits per heavy atom. The molecular formula is C12H18BrNO5. The minimum atomic E-state index is -1.24. The summed E-state index contributed by atoms with van der Waals surface area (Å²) in [5, 5.41) is 22.0. The molecule has 0 aliphatic carbocycles. The lowest BCUT2D eigenvalue weighted by Gasteiger charge is -2.21. The fraction of sp³-hybridized carbons (Fsp3) is 0.583. The molecule has 1 rings (SSSR count). The standard InChI is InChI=1S/C12H18BrNO5/c1-12(2,3)19-11(17)14-6-8(15)9(16)10-7(13)4-5-18-10/h4-5,8-9,15-16H,6H2,1-3H3,(H,14,17). The van der Waals surface area contributed by atoms with E-state index in [9.17, 15) is 15.0 Å². The summed E-state index contributed by atoms with van der Waals surface area (Å²) in [5.74, 6) is 0.207. The van der Waals surface area contributed by atoms with Gasteiger partial charge in [0.15, 0.2) is 0 Å². The van der Waals surface area contributed by atoms with Crippen molar-refractivity contribution in [2.24, 2.45) is 0 Å². The minimum Gasteiger partial charge on any atom is -0.465 e. The van der Waals surface area contributed by atoms with Gasteiger partial charge in [-0.15, -0.1) is 0 Å². The molecule has 1 aromatic heterocycles. The molecule has 0 saturated heterocycles. The number of ether oxygens (including phenoxy) is 1. The van der Waals surface area contributed by atoms with Crippen molar-refractivity contribution in [3.8, 4) is 0 Å². The second kappa shape index (κ2) is 6.40.